The first-order valence-corrected chi connectivity index (χ1v) is 9.33. The van der Waals surface area contributed by atoms with Crippen LogP contribution in [0.25, 0.3) is 11.3 Å². The number of likely N-dealkylation sites (tertiary alicyclic amines) is 1. The lowest BCUT2D eigenvalue weighted by atomic mass is 10.1. The fourth-order valence-electron chi connectivity index (χ4n) is 3.40. The number of halogens is 2. The van der Waals surface area contributed by atoms with E-state index in [1.807, 2.05) is 0 Å². The second-order valence-corrected chi connectivity index (χ2v) is 7.08. The Morgan fingerprint density at radius 3 is 2.66 bits per heavy atom. The molecule has 0 N–H and O–H groups in total. The molecule has 4 rings (SSSR count). The molecule has 0 aliphatic carbocycles. The number of carbonyl (C=O) groups excluding carboxylic acids is 1. The summed E-state index contributed by atoms with van der Waals surface area (Å²) in [5, 5.41) is 4.39. The van der Waals surface area contributed by atoms with Gasteiger partial charge in [-0.15, -0.1) is 0 Å². The zero-order chi connectivity index (χ0) is 20.4. The van der Waals surface area contributed by atoms with Crippen LogP contribution in [0.15, 0.2) is 48.7 Å². The summed E-state index contributed by atoms with van der Waals surface area (Å²) in [7, 11) is 1.72. The Kier molecular flexibility index (Phi) is 5.24. The van der Waals surface area contributed by atoms with Crippen LogP contribution in [0.1, 0.15) is 16.9 Å². The van der Waals surface area contributed by atoms with E-state index in [1.54, 1.807) is 34.8 Å². The van der Waals surface area contributed by atoms with E-state index in [9.17, 15) is 13.6 Å². The van der Waals surface area contributed by atoms with E-state index in [0.29, 0.717) is 37.0 Å². The van der Waals surface area contributed by atoms with Crippen molar-refractivity contribution in [1.82, 2.24) is 19.7 Å². The Labute approximate surface area is 166 Å². The Hall–Kier alpha value is -3.29. The van der Waals surface area contributed by atoms with Crippen molar-refractivity contribution in [3.8, 4) is 17.1 Å². The van der Waals surface area contributed by atoms with Crippen LogP contribution in [-0.2, 0) is 7.05 Å². The molecule has 1 fully saturated rings. The fourth-order valence-corrected chi connectivity index (χ4v) is 3.40. The summed E-state index contributed by atoms with van der Waals surface area (Å²) in [6, 6.07) is 10.5. The van der Waals surface area contributed by atoms with Crippen molar-refractivity contribution in [1.29, 1.82) is 0 Å². The van der Waals surface area contributed by atoms with Crippen LogP contribution in [-0.4, -0.2) is 45.3 Å². The van der Waals surface area contributed by atoms with E-state index in [4.69, 9.17) is 4.74 Å². The van der Waals surface area contributed by atoms with Crippen LogP contribution in [0.4, 0.5) is 8.78 Å². The van der Waals surface area contributed by atoms with Crippen LogP contribution >= 0.6 is 0 Å². The van der Waals surface area contributed by atoms with Gasteiger partial charge in [0.25, 0.3) is 5.91 Å². The number of aromatic nitrogens is 3. The Balaban J connectivity index is 1.38. The van der Waals surface area contributed by atoms with Crippen LogP contribution in [0.3, 0.4) is 0 Å². The molecule has 2 aromatic heterocycles. The molecule has 1 aliphatic rings. The number of ether oxygens (including phenoxy) is 1. The van der Waals surface area contributed by atoms with E-state index in [1.165, 1.54) is 24.3 Å². The Morgan fingerprint density at radius 2 is 1.93 bits per heavy atom. The zero-order valence-corrected chi connectivity index (χ0v) is 15.9. The lowest BCUT2D eigenvalue weighted by Crippen LogP contribution is -2.31. The first kappa shape index (κ1) is 19.0. The number of aryl methyl sites for hydroxylation is 1. The van der Waals surface area contributed by atoms with Gasteiger partial charge in [-0.2, -0.15) is 5.10 Å². The second kappa shape index (κ2) is 7.98. The third-order valence-corrected chi connectivity index (χ3v) is 4.98. The quantitative estimate of drug-likeness (QED) is 0.662. The van der Waals surface area contributed by atoms with Gasteiger partial charge in [-0.1, -0.05) is 0 Å². The van der Waals surface area contributed by atoms with Crippen molar-refractivity contribution in [2.45, 2.75) is 6.42 Å². The minimum absolute atomic E-state index is 0.101. The van der Waals surface area contributed by atoms with Gasteiger partial charge in [0.15, 0.2) is 0 Å². The minimum Gasteiger partial charge on any atom is -0.477 e. The highest BCUT2D eigenvalue weighted by Gasteiger charge is 2.29. The van der Waals surface area contributed by atoms with E-state index < -0.39 is 5.82 Å². The molecule has 0 saturated carbocycles. The maximum absolute atomic E-state index is 13.1. The molecule has 1 saturated heterocycles. The first-order valence-electron chi connectivity index (χ1n) is 9.33. The normalized spacial score (nSPS) is 16.2. The monoisotopic (exact) mass is 398 g/mol. The molecule has 1 amide bonds. The average Bonchev–Trinajstić information content (AvgIpc) is 3.34. The number of rotatable bonds is 5. The standard InChI is InChI=1S/C21H20F2N4O2/c1-26-19(10-18(25-26)15-2-4-16(22)5-3-15)21(28)27-9-8-14(12-27)13-29-20-7-6-17(23)11-24-20/h2-7,10-11,14H,8-9,12-13H2,1H3. The summed E-state index contributed by atoms with van der Waals surface area (Å²) in [5.41, 5.74) is 1.85. The lowest BCUT2D eigenvalue weighted by Gasteiger charge is -2.16. The van der Waals surface area contributed by atoms with Crippen molar-refractivity contribution in [3.05, 3.63) is 66.0 Å². The summed E-state index contributed by atoms with van der Waals surface area (Å²) < 4.78 is 33.2. The van der Waals surface area contributed by atoms with E-state index in [2.05, 4.69) is 10.1 Å². The molecule has 0 radical (unpaired) electrons. The molecule has 3 heterocycles. The number of benzene rings is 1. The predicted molar refractivity (Wildman–Crippen MR) is 102 cm³/mol. The highest BCUT2D eigenvalue weighted by atomic mass is 19.1. The molecular weight excluding hydrogens is 378 g/mol. The van der Waals surface area contributed by atoms with Crippen molar-refractivity contribution < 1.29 is 18.3 Å². The maximum atomic E-state index is 13.1. The van der Waals surface area contributed by atoms with Gasteiger partial charge in [-0.3, -0.25) is 9.48 Å². The Bertz CT molecular complexity index is 1000. The molecule has 6 nitrogen and oxygen atoms in total. The molecule has 1 atom stereocenters. The zero-order valence-electron chi connectivity index (χ0n) is 15.9. The molecule has 1 aliphatic heterocycles. The van der Waals surface area contributed by atoms with Crippen LogP contribution in [0.2, 0.25) is 0 Å². The first-order chi connectivity index (χ1) is 14.0. The fraction of sp³-hybridized carbons (Fsp3) is 0.286. The van der Waals surface area contributed by atoms with Gasteiger partial charge in [0.2, 0.25) is 5.88 Å². The van der Waals surface area contributed by atoms with Gasteiger partial charge in [0, 0.05) is 37.7 Å². The smallest absolute Gasteiger partial charge is 0.272 e. The average molecular weight is 398 g/mol. The van der Waals surface area contributed by atoms with Crippen molar-refractivity contribution in [2.24, 2.45) is 13.0 Å². The number of amides is 1. The molecule has 8 heteroatoms. The summed E-state index contributed by atoms with van der Waals surface area (Å²) >= 11 is 0. The van der Waals surface area contributed by atoms with Crippen LogP contribution in [0.5, 0.6) is 5.88 Å². The summed E-state index contributed by atoms with van der Waals surface area (Å²) in [6.45, 7) is 1.60. The van der Waals surface area contributed by atoms with E-state index >= 15 is 0 Å². The maximum Gasteiger partial charge on any atom is 0.272 e. The number of nitrogens with zero attached hydrogens (tertiary/aromatic N) is 4. The third kappa shape index (κ3) is 4.26. The number of hydrogen-bond donors (Lipinski definition) is 0. The van der Waals surface area contributed by atoms with Crippen LogP contribution in [0, 0.1) is 17.6 Å². The van der Waals surface area contributed by atoms with Gasteiger partial charge in [-0.05, 0) is 42.8 Å². The molecule has 1 aromatic carbocycles. The SMILES string of the molecule is Cn1nc(-c2ccc(F)cc2)cc1C(=O)N1CCC(COc2ccc(F)cn2)C1. The third-order valence-electron chi connectivity index (χ3n) is 4.98. The van der Waals surface area contributed by atoms with Gasteiger partial charge in [-0.25, -0.2) is 13.8 Å². The highest BCUT2D eigenvalue weighted by molar-refractivity contribution is 5.94. The molecule has 29 heavy (non-hydrogen) atoms. The van der Waals surface area contributed by atoms with Crippen molar-refractivity contribution >= 4 is 5.91 Å². The second-order valence-electron chi connectivity index (χ2n) is 7.08. The largest absolute Gasteiger partial charge is 0.477 e. The minimum atomic E-state index is -0.411. The number of pyridine rings is 1. The molecule has 0 spiro atoms. The molecule has 0 bridgehead atoms. The molecule has 1 unspecified atom stereocenters. The summed E-state index contributed by atoms with van der Waals surface area (Å²) in [5.74, 6) is -0.286. The predicted octanol–water partition coefficient (Wildman–Crippen LogP) is 3.30. The number of hydrogen-bond acceptors (Lipinski definition) is 4. The van der Waals surface area contributed by atoms with Crippen molar-refractivity contribution in [3.63, 3.8) is 0 Å². The number of carbonyl (C=O) groups is 1. The van der Waals surface area contributed by atoms with E-state index in [0.717, 1.165) is 18.2 Å². The molecule has 3 aromatic rings. The van der Waals surface area contributed by atoms with Gasteiger partial charge < -0.3 is 9.64 Å². The Morgan fingerprint density at radius 1 is 1.17 bits per heavy atom. The van der Waals surface area contributed by atoms with Gasteiger partial charge >= 0.3 is 0 Å². The molecular formula is C21H20F2N4O2. The van der Waals surface area contributed by atoms with Crippen molar-refractivity contribution in [2.75, 3.05) is 19.7 Å². The topological polar surface area (TPSA) is 60.2 Å². The summed E-state index contributed by atoms with van der Waals surface area (Å²) in [4.78, 5) is 18.6. The highest BCUT2D eigenvalue weighted by Crippen LogP contribution is 2.23. The summed E-state index contributed by atoms with van der Waals surface area (Å²) in [6.07, 6.45) is 1.93. The van der Waals surface area contributed by atoms with Crippen LogP contribution < -0.4 is 4.74 Å². The van der Waals surface area contributed by atoms with E-state index in [-0.39, 0.29) is 17.6 Å². The lowest BCUT2D eigenvalue weighted by molar-refractivity contribution is 0.0772. The van der Waals surface area contributed by atoms with Gasteiger partial charge in [0.05, 0.1) is 18.5 Å². The molecule has 150 valence electrons. The van der Waals surface area contributed by atoms with Gasteiger partial charge in [0.1, 0.15) is 17.3 Å².